The molecule has 10 aliphatic heterocycles. The summed E-state index contributed by atoms with van der Waals surface area (Å²) in [7, 11) is 0. The Hall–Kier alpha value is -2.04. The lowest BCUT2D eigenvalue weighted by molar-refractivity contribution is -0.403. The molecule has 51 nitrogen and oxygen atoms in total. The fourth-order valence-electron chi connectivity index (χ4n) is 14.4. The van der Waals surface area contributed by atoms with Crippen molar-refractivity contribution < 1.29 is 253 Å². The maximum Gasteiger partial charge on any atom is 0.187 e. The second-order valence-corrected chi connectivity index (χ2v) is 28.0. The zero-order valence-electron chi connectivity index (χ0n) is 58.0. The Kier molecular flexibility index (Phi) is 32.4. The molecule has 50 atom stereocenters. The summed E-state index contributed by atoms with van der Waals surface area (Å²) in [6.45, 7) is -10.9. The number of ether oxygens (including phenoxy) is 19. The summed E-state index contributed by atoms with van der Waals surface area (Å²) in [5.41, 5.74) is 0. The molecule has 0 aromatic heterocycles. The molecule has 111 heavy (non-hydrogen) atoms. The van der Waals surface area contributed by atoms with Crippen molar-refractivity contribution >= 4 is 0 Å². The van der Waals surface area contributed by atoms with E-state index in [4.69, 9.17) is 90.0 Å². The van der Waals surface area contributed by atoms with Crippen LogP contribution >= 0.6 is 0 Å². The third-order valence-corrected chi connectivity index (χ3v) is 20.9. The topological polar surface area (TPSA) is 823 Å². The van der Waals surface area contributed by atoms with E-state index < -0.39 is 373 Å². The van der Waals surface area contributed by atoms with E-state index in [2.05, 4.69) is 0 Å². The molecule has 0 amide bonds. The minimum Gasteiger partial charge on any atom is -0.394 e. The summed E-state index contributed by atoms with van der Waals surface area (Å²) < 4.78 is 107. The minimum absolute atomic E-state index is 0.916. The van der Waals surface area contributed by atoms with E-state index >= 15 is 0 Å². The second-order valence-electron chi connectivity index (χ2n) is 28.0. The Labute approximate surface area is 625 Å². The van der Waals surface area contributed by atoms with Gasteiger partial charge in [0.05, 0.1) is 66.1 Å². The summed E-state index contributed by atoms with van der Waals surface area (Å²) in [5.74, 6) is 0. The Morgan fingerprint density at radius 1 is 0.135 bits per heavy atom. The molecule has 10 aliphatic rings. The van der Waals surface area contributed by atoms with E-state index in [-0.39, 0.29) is 0 Å². The van der Waals surface area contributed by atoms with Crippen molar-refractivity contribution in [2.45, 2.75) is 307 Å². The van der Waals surface area contributed by atoms with Gasteiger partial charge in [0.1, 0.15) is 244 Å². The molecule has 0 saturated carbocycles. The van der Waals surface area contributed by atoms with Gasteiger partial charge >= 0.3 is 0 Å². The molecule has 0 unspecified atom stereocenters. The van der Waals surface area contributed by atoms with E-state index in [1.54, 1.807) is 0 Å². The molecule has 51 heteroatoms. The van der Waals surface area contributed by atoms with Crippen LogP contribution in [-0.2, 0) is 90.0 Å². The molecule has 10 saturated heterocycles. The highest BCUT2D eigenvalue weighted by molar-refractivity contribution is 5.04. The number of rotatable bonds is 28. The average Bonchev–Trinajstić information content (AvgIpc) is 0.772. The molecule has 648 valence electrons. The van der Waals surface area contributed by atoms with Crippen LogP contribution in [0.4, 0.5) is 0 Å². The monoisotopic (exact) mass is 1640 g/mol. The average molecular weight is 1640 g/mol. The van der Waals surface area contributed by atoms with Crippen LogP contribution in [-0.4, -0.2) is 537 Å². The van der Waals surface area contributed by atoms with Gasteiger partial charge in [0.25, 0.3) is 0 Å². The largest absolute Gasteiger partial charge is 0.394 e. The van der Waals surface area contributed by atoms with E-state index in [0.717, 1.165) is 0 Å². The van der Waals surface area contributed by atoms with Crippen LogP contribution in [0.1, 0.15) is 0 Å². The van der Waals surface area contributed by atoms with Gasteiger partial charge in [-0.3, -0.25) is 0 Å². The van der Waals surface area contributed by atoms with Crippen molar-refractivity contribution in [3.05, 3.63) is 0 Å². The van der Waals surface area contributed by atoms with Crippen molar-refractivity contribution in [2.75, 3.05) is 66.1 Å². The number of hydrogen-bond acceptors (Lipinski definition) is 51. The van der Waals surface area contributed by atoms with E-state index in [0.29, 0.717) is 0 Å². The van der Waals surface area contributed by atoms with Crippen LogP contribution in [0.3, 0.4) is 0 Å². The Morgan fingerprint density at radius 2 is 0.261 bits per heavy atom. The highest BCUT2D eigenvalue weighted by Crippen LogP contribution is 2.41. The summed E-state index contributed by atoms with van der Waals surface area (Å²) >= 11 is 0. The van der Waals surface area contributed by atoms with Crippen molar-refractivity contribution in [3.8, 4) is 0 Å². The molecule has 10 heterocycles. The molecule has 10 fully saturated rings. The molecular formula is C60H102O51. The maximum absolute atomic E-state index is 11.9. The lowest BCUT2D eigenvalue weighted by atomic mass is 9.94. The number of hydrogen-bond donors (Lipinski definition) is 32. The molecule has 0 radical (unpaired) electrons. The van der Waals surface area contributed by atoms with Crippen molar-refractivity contribution in [1.82, 2.24) is 0 Å². The number of aliphatic hydroxyl groups is 32. The van der Waals surface area contributed by atoms with Gasteiger partial charge in [0.2, 0.25) is 0 Å². The SMILES string of the molecule is OC[C@H]1O[C@@H](O[C@@H]2[C@@H](O)[C@H](O[C@@H]3[C@@H](O)[C@H](O[C@@H]4[C@@H](O)[C@H](O[C@@H]5[C@@H](O)[C@H](O[C@@H]6[C@@H](O)[C@H](O[C@@H]7[C@@H](O)[C@H](O[C@@H]8[C@@H](O)[C@H](O[C@@H]9[C@@H](O)[C@H](O[C@@H]%10[C@H](O)[C@H](O)O[C@H](CO)[C@H]%10O)O[C@H](CO)[C@H]9O)O[C@H](CO)[C@H]8O)O[C@H](CO)[C@H]7O)O[C@H](CO)[C@H]6O)O[C@H](CO)[C@H]5O)O[C@H](CO)[C@H]4O)O[C@H](CO)[C@H]3O)O[C@H](CO)[C@H]2O)[C@H](O)[C@@H](O)[C@@H]1O. The third kappa shape index (κ3) is 18.8. The smallest absolute Gasteiger partial charge is 0.187 e. The van der Waals surface area contributed by atoms with Gasteiger partial charge < -0.3 is 253 Å². The predicted molar refractivity (Wildman–Crippen MR) is 330 cm³/mol. The van der Waals surface area contributed by atoms with E-state index in [1.165, 1.54) is 0 Å². The van der Waals surface area contributed by atoms with Crippen molar-refractivity contribution in [2.24, 2.45) is 0 Å². The van der Waals surface area contributed by atoms with Crippen LogP contribution < -0.4 is 0 Å². The van der Waals surface area contributed by atoms with Crippen LogP contribution in [0, 0.1) is 0 Å². The highest BCUT2D eigenvalue weighted by atomic mass is 16.8. The first-order valence-electron chi connectivity index (χ1n) is 35.2. The van der Waals surface area contributed by atoms with Crippen LogP contribution in [0.2, 0.25) is 0 Å². The quantitative estimate of drug-likeness (QED) is 0.0346. The lowest BCUT2D eigenvalue weighted by Crippen LogP contribution is -2.69. The Balaban J connectivity index is 0.813. The van der Waals surface area contributed by atoms with Gasteiger partial charge in [-0.1, -0.05) is 0 Å². The van der Waals surface area contributed by atoms with Crippen LogP contribution in [0.25, 0.3) is 0 Å². The minimum atomic E-state index is -2.46. The molecule has 10 rings (SSSR count). The van der Waals surface area contributed by atoms with E-state index in [1.807, 2.05) is 0 Å². The molecule has 0 bridgehead atoms. The van der Waals surface area contributed by atoms with Gasteiger partial charge in [-0.05, 0) is 0 Å². The number of aliphatic hydroxyl groups excluding tert-OH is 32. The first-order valence-corrected chi connectivity index (χ1v) is 35.2. The first kappa shape index (κ1) is 91.3. The molecule has 32 N–H and O–H groups in total. The predicted octanol–water partition coefficient (Wildman–Crippen LogP) is -22.8. The van der Waals surface area contributed by atoms with Crippen molar-refractivity contribution in [1.29, 1.82) is 0 Å². The zero-order valence-corrected chi connectivity index (χ0v) is 58.0. The highest BCUT2D eigenvalue weighted by Gasteiger charge is 2.62. The van der Waals surface area contributed by atoms with Crippen LogP contribution in [0.5, 0.6) is 0 Å². The second kappa shape index (κ2) is 39.4. The van der Waals surface area contributed by atoms with Gasteiger partial charge in [0, 0.05) is 0 Å². The summed E-state index contributed by atoms with van der Waals surface area (Å²) in [4.78, 5) is 0. The van der Waals surface area contributed by atoms with Gasteiger partial charge in [-0.15, -0.1) is 0 Å². The Bertz CT molecular complexity index is 2790. The normalized spacial score (nSPS) is 53.7. The van der Waals surface area contributed by atoms with Crippen LogP contribution in [0.15, 0.2) is 0 Å². The summed E-state index contributed by atoms with van der Waals surface area (Å²) in [5, 5.41) is 350. The first-order chi connectivity index (χ1) is 52.7. The van der Waals surface area contributed by atoms with E-state index in [9.17, 15) is 163 Å². The van der Waals surface area contributed by atoms with Gasteiger partial charge in [0.15, 0.2) is 62.9 Å². The fourth-order valence-corrected chi connectivity index (χ4v) is 14.4. The Morgan fingerprint density at radius 3 is 0.414 bits per heavy atom. The lowest BCUT2D eigenvalue weighted by Gasteiger charge is -2.50. The molecule has 0 aliphatic carbocycles. The van der Waals surface area contributed by atoms with Gasteiger partial charge in [-0.2, -0.15) is 0 Å². The molecular weight excluding hydrogens is 1540 g/mol. The summed E-state index contributed by atoms with van der Waals surface area (Å²) in [6.07, 6.45) is -106. The standard InChI is InChI=1S/C60H102O51/c61-1-11-21(71)31(81)32(82)52(94-11)104-43-23(73)13(3-63)96-54(34(43)84)106-45-25(75)15(5-65)98-56(36(45)86)108-47-27(77)17(7-67)100-58(38(47)88)110-49-29(79)19(9-69)102-60(40(49)90)111-50-30(80)20(10-70)101-59(41(50)91)109-48-28(78)18(8-68)99-57(39(48)89)107-46-26(76)16(6-66)97-55(37(46)87)105-44-24(74)14(4-64)95-53(35(44)85)103-42-22(72)12(2-62)93-51(92)33(42)83/h11-92H,1-10H2/t11-,12-,13-,14-,15-,16-,17-,18-,19-,20-,21-,22-,23-,24-,25-,26-,27-,28-,29-,30-,31+,32-,33+,34-,35-,36-,37-,38-,39-,40-,41-,42+,43+,44+,45+,46+,47+,48+,49+,50+,51-,52+,53+,54+,55+,56+,57+,58+,59+,60+/m1/s1. The van der Waals surface area contributed by atoms with Crippen molar-refractivity contribution in [3.63, 3.8) is 0 Å². The summed E-state index contributed by atoms with van der Waals surface area (Å²) in [6, 6.07) is 0. The van der Waals surface area contributed by atoms with Gasteiger partial charge in [-0.25, -0.2) is 0 Å². The molecule has 0 aromatic carbocycles. The third-order valence-electron chi connectivity index (χ3n) is 20.9. The zero-order chi connectivity index (χ0) is 81.4. The molecule has 0 spiro atoms. The maximum atomic E-state index is 11.9. The molecule has 0 aromatic rings. The fraction of sp³-hybridized carbons (Fsp3) is 1.00.